The van der Waals surface area contributed by atoms with E-state index in [1.165, 1.54) is 18.2 Å². The second-order valence-corrected chi connectivity index (χ2v) is 6.36. The summed E-state index contributed by atoms with van der Waals surface area (Å²) >= 11 is 0. The summed E-state index contributed by atoms with van der Waals surface area (Å²) in [6.45, 7) is 4.73. The molecule has 1 saturated heterocycles. The van der Waals surface area contributed by atoms with Gasteiger partial charge in [0.25, 0.3) is 5.91 Å². The predicted molar refractivity (Wildman–Crippen MR) is 90.4 cm³/mol. The van der Waals surface area contributed by atoms with Gasteiger partial charge >= 0.3 is 0 Å². The lowest BCUT2D eigenvalue weighted by atomic mass is 9.83. The van der Waals surface area contributed by atoms with E-state index in [1.54, 1.807) is 4.90 Å². The first-order valence-electron chi connectivity index (χ1n) is 8.45. The number of nitrogens with one attached hydrogen (secondary N) is 1. The van der Waals surface area contributed by atoms with Crippen molar-refractivity contribution in [3.8, 4) is 0 Å². The number of halogens is 1. The summed E-state index contributed by atoms with van der Waals surface area (Å²) in [5.41, 5.74) is 0.0731. The quantitative estimate of drug-likeness (QED) is 0.804. The van der Waals surface area contributed by atoms with E-state index in [2.05, 4.69) is 5.32 Å². The second-order valence-electron chi connectivity index (χ2n) is 6.36. The molecule has 0 atom stereocenters. The van der Waals surface area contributed by atoms with Gasteiger partial charge in [-0.05, 0) is 37.5 Å². The van der Waals surface area contributed by atoms with E-state index >= 15 is 0 Å². The van der Waals surface area contributed by atoms with E-state index in [0.29, 0.717) is 31.5 Å². The first kappa shape index (κ1) is 18.4. The smallest absolute Gasteiger partial charge is 0.254 e. The Bertz CT molecular complexity index is 606. The van der Waals surface area contributed by atoms with E-state index in [9.17, 15) is 19.1 Å². The highest BCUT2D eigenvalue weighted by Crippen LogP contribution is 2.26. The molecule has 6 heteroatoms. The van der Waals surface area contributed by atoms with Gasteiger partial charge < -0.3 is 15.3 Å². The number of carbonyl (C=O) groups excluding carboxylic acids is 2. The average molecular weight is 336 g/mol. The number of hydrogen-bond donors (Lipinski definition) is 2. The maximum absolute atomic E-state index is 14.1. The molecule has 1 fully saturated rings. The number of amides is 2. The molecule has 1 aromatic carbocycles. The lowest BCUT2D eigenvalue weighted by Crippen LogP contribution is -2.39. The number of aliphatic hydroxyl groups is 1. The Morgan fingerprint density at radius 1 is 1.38 bits per heavy atom. The SMILES string of the molecule is CCC(CC)(CO)CNC(=O)c1cc(N2CCCC2=O)ccc1F. The highest BCUT2D eigenvalue weighted by atomic mass is 19.1. The van der Waals surface area contributed by atoms with Crippen LogP contribution in [-0.2, 0) is 4.79 Å². The molecule has 0 saturated carbocycles. The Hall–Kier alpha value is -1.95. The average Bonchev–Trinajstić information content (AvgIpc) is 3.03. The number of aliphatic hydroxyl groups excluding tert-OH is 1. The molecule has 132 valence electrons. The molecule has 1 aliphatic rings. The van der Waals surface area contributed by atoms with Crippen LogP contribution in [0.1, 0.15) is 49.9 Å². The second kappa shape index (κ2) is 7.75. The van der Waals surface area contributed by atoms with Gasteiger partial charge in [-0.1, -0.05) is 13.8 Å². The number of anilines is 1. The van der Waals surface area contributed by atoms with Crippen LogP contribution in [0.2, 0.25) is 0 Å². The zero-order valence-corrected chi connectivity index (χ0v) is 14.3. The van der Waals surface area contributed by atoms with Crippen LogP contribution in [0.3, 0.4) is 0 Å². The molecule has 2 N–H and O–H groups in total. The van der Waals surface area contributed by atoms with E-state index in [0.717, 1.165) is 6.42 Å². The fourth-order valence-electron chi connectivity index (χ4n) is 2.92. The van der Waals surface area contributed by atoms with Crippen LogP contribution in [0.15, 0.2) is 18.2 Å². The molecule has 1 aliphatic heterocycles. The van der Waals surface area contributed by atoms with E-state index in [-0.39, 0.29) is 24.6 Å². The minimum absolute atomic E-state index is 0.00997. The van der Waals surface area contributed by atoms with Gasteiger partial charge in [0.1, 0.15) is 5.82 Å². The summed E-state index contributed by atoms with van der Waals surface area (Å²) in [5, 5.41) is 12.3. The monoisotopic (exact) mass is 336 g/mol. The maximum atomic E-state index is 14.1. The lowest BCUT2D eigenvalue weighted by Gasteiger charge is -2.29. The number of benzene rings is 1. The van der Waals surface area contributed by atoms with Crippen molar-refractivity contribution in [2.45, 2.75) is 39.5 Å². The van der Waals surface area contributed by atoms with E-state index in [1.807, 2.05) is 13.8 Å². The molecule has 5 nitrogen and oxygen atoms in total. The third-order valence-electron chi connectivity index (χ3n) is 5.04. The van der Waals surface area contributed by atoms with Gasteiger partial charge in [-0.2, -0.15) is 0 Å². The van der Waals surface area contributed by atoms with Gasteiger partial charge in [-0.25, -0.2) is 4.39 Å². The molecule has 2 rings (SSSR count). The molecule has 0 aromatic heterocycles. The Morgan fingerprint density at radius 2 is 2.08 bits per heavy atom. The molecular weight excluding hydrogens is 311 g/mol. The molecule has 0 radical (unpaired) electrons. The molecule has 24 heavy (non-hydrogen) atoms. The van der Waals surface area contributed by atoms with E-state index in [4.69, 9.17) is 0 Å². The standard InChI is InChI=1S/C18H25FN2O3/c1-3-18(4-2,12-22)11-20-17(24)14-10-13(7-8-15(14)19)21-9-5-6-16(21)23/h7-8,10,22H,3-6,9,11-12H2,1-2H3,(H,20,24). The first-order chi connectivity index (χ1) is 11.5. The molecule has 0 unspecified atom stereocenters. The number of carbonyl (C=O) groups is 2. The highest BCUT2D eigenvalue weighted by Gasteiger charge is 2.27. The van der Waals surface area contributed by atoms with Gasteiger partial charge in [0, 0.05) is 30.6 Å². The van der Waals surface area contributed by atoms with Crippen molar-refractivity contribution in [2.75, 3.05) is 24.6 Å². The van der Waals surface area contributed by atoms with Gasteiger partial charge in [-0.15, -0.1) is 0 Å². The molecule has 0 bridgehead atoms. The minimum Gasteiger partial charge on any atom is -0.396 e. The van der Waals surface area contributed by atoms with Crippen molar-refractivity contribution >= 4 is 17.5 Å². The number of hydrogen-bond acceptors (Lipinski definition) is 3. The zero-order chi connectivity index (χ0) is 17.7. The van der Waals surface area contributed by atoms with Crippen molar-refractivity contribution in [1.29, 1.82) is 0 Å². The Kier molecular flexibility index (Phi) is 5.94. The summed E-state index contributed by atoms with van der Waals surface area (Å²) in [7, 11) is 0. The maximum Gasteiger partial charge on any atom is 0.254 e. The number of nitrogens with zero attached hydrogens (tertiary/aromatic N) is 1. The van der Waals surface area contributed by atoms with Gasteiger partial charge in [0.15, 0.2) is 0 Å². The van der Waals surface area contributed by atoms with Crippen molar-refractivity contribution in [3.05, 3.63) is 29.6 Å². The van der Waals surface area contributed by atoms with Crippen molar-refractivity contribution in [1.82, 2.24) is 5.32 Å². The topological polar surface area (TPSA) is 69.6 Å². The first-order valence-corrected chi connectivity index (χ1v) is 8.45. The Labute approximate surface area is 141 Å². The molecular formula is C18H25FN2O3. The predicted octanol–water partition coefficient (Wildman–Crippen LogP) is 2.48. The summed E-state index contributed by atoms with van der Waals surface area (Å²) < 4.78 is 14.1. The fourth-order valence-corrected chi connectivity index (χ4v) is 2.92. The zero-order valence-electron chi connectivity index (χ0n) is 14.3. The van der Waals surface area contributed by atoms with Gasteiger partial charge in [0.05, 0.1) is 12.2 Å². The van der Waals surface area contributed by atoms with Crippen molar-refractivity contribution in [2.24, 2.45) is 5.41 Å². The Morgan fingerprint density at radius 3 is 2.62 bits per heavy atom. The van der Waals surface area contributed by atoms with E-state index < -0.39 is 17.1 Å². The van der Waals surface area contributed by atoms with Crippen molar-refractivity contribution in [3.63, 3.8) is 0 Å². The Balaban J connectivity index is 2.15. The highest BCUT2D eigenvalue weighted by molar-refractivity contribution is 5.99. The van der Waals surface area contributed by atoms with Crippen LogP contribution in [0.5, 0.6) is 0 Å². The summed E-state index contributed by atoms with van der Waals surface area (Å²) in [4.78, 5) is 25.8. The minimum atomic E-state index is -0.620. The number of rotatable bonds is 7. The summed E-state index contributed by atoms with van der Waals surface area (Å²) in [6, 6.07) is 4.16. The normalized spacial score (nSPS) is 15.0. The van der Waals surface area contributed by atoms with Crippen molar-refractivity contribution < 1.29 is 19.1 Å². The summed E-state index contributed by atoms with van der Waals surface area (Å²) in [6.07, 6.45) is 2.67. The van der Waals surface area contributed by atoms with Crippen LogP contribution in [0.25, 0.3) is 0 Å². The molecule has 0 aliphatic carbocycles. The third-order valence-corrected chi connectivity index (χ3v) is 5.04. The van der Waals surface area contributed by atoms with Crippen LogP contribution in [-0.4, -0.2) is 36.6 Å². The van der Waals surface area contributed by atoms with Crippen LogP contribution in [0, 0.1) is 11.2 Å². The largest absolute Gasteiger partial charge is 0.396 e. The van der Waals surface area contributed by atoms with Gasteiger partial charge in [0.2, 0.25) is 5.91 Å². The molecule has 1 heterocycles. The van der Waals surface area contributed by atoms with Crippen LogP contribution < -0.4 is 10.2 Å². The third kappa shape index (κ3) is 3.75. The molecule has 1 aromatic rings. The summed E-state index contributed by atoms with van der Waals surface area (Å²) in [5.74, 6) is -1.16. The van der Waals surface area contributed by atoms with Gasteiger partial charge in [-0.3, -0.25) is 9.59 Å². The fraction of sp³-hybridized carbons (Fsp3) is 0.556. The lowest BCUT2D eigenvalue weighted by molar-refractivity contribution is -0.117. The van der Waals surface area contributed by atoms with Crippen LogP contribution in [0.4, 0.5) is 10.1 Å². The molecule has 0 spiro atoms. The van der Waals surface area contributed by atoms with Crippen LogP contribution >= 0.6 is 0 Å². The molecule has 2 amide bonds.